The van der Waals surface area contributed by atoms with Gasteiger partial charge < -0.3 is 55.6 Å². The maximum absolute atomic E-state index is 12.6. The number of rotatable bonds is 19. The molecule has 284 valence electrons. The molecule has 1 aliphatic rings. The van der Waals surface area contributed by atoms with Gasteiger partial charge in [-0.1, -0.05) is 13.8 Å². The molecule has 0 spiro atoms. The van der Waals surface area contributed by atoms with Gasteiger partial charge in [-0.3, -0.25) is 27.7 Å². The number of carbonyl (C=O) groups is 2. The molecule has 1 aliphatic heterocycles. The quantitative estimate of drug-likeness (QED) is 0.0562. The van der Waals surface area contributed by atoms with Crippen molar-refractivity contribution in [3.05, 3.63) is 6.33 Å². The minimum atomic E-state index is -5.56. The minimum Gasteiger partial charge on any atom is -0.467 e. The smallest absolute Gasteiger partial charge is 0.467 e. The molecule has 2 aromatic rings. The molecule has 1 saturated heterocycles. The Hall–Kier alpha value is -2.31. The third-order valence-corrected chi connectivity index (χ3v) is 10.1. The van der Waals surface area contributed by atoms with Crippen molar-refractivity contribution < 1.29 is 80.4 Å². The number of aliphatic hydroxyl groups is 2. The zero-order valence-corrected chi connectivity index (χ0v) is 30.1. The molecule has 10 N–H and O–H groups in total. The molecule has 24 nitrogen and oxygen atoms in total. The van der Waals surface area contributed by atoms with Gasteiger partial charge in [0, 0.05) is 30.7 Å². The Labute approximate surface area is 288 Å². The van der Waals surface area contributed by atoms with Crippen molar-refractivity contribution in [3.8, 4) is 6.01 Å². The molecule has 0 aliphatic carbocycles. The topological polar surface area (TPSA) is 356 Å². The van der Waals surface area contributed by atoms with Crippen LogP contribution in [-0.4, -0.2) is 125 Å². The van der Waals surface area contributed by atoms with Crippen LogP contribution in [0.1, 0.15) is 26.5 Å². The van der Waals surface area contributed by atoms with Crippen molar-refractivity contribution in [3.63, 3.8) is 0 Å². The molecule has 2 amide bonds. The standard InChI is InChI=1S/C22H38N7O17P3S/c1-22(2,16(32)19(33)25-5-4-12(30)24-6-7-50)9-43-49(39,40)46-48(37,38)42-8-11-15(45-47(34,35)36)14(31)20(44-11)29-10-26-13-17(23)27-21(41-3)28-18(13)29/h10-11,14-16,20,31-32,50H,4-9H2,1-3H3,(H,24,30)(H,25,33)(H,37,38)(H,39,40)(H2,23,27,28)(H2,34,35,36)/t11-,14-,15-,16+,20-/m1/s1. The van der Waals surface area contributed by atoms with Crippen LogP contribution in [0.2, 0.25) is 0 Å². The molecule has 2 unspecified atom stereocenters. The average molecular weight is 798 g/mol. The van der Waals surface area contributed by atoms with Gasteiger partial charge in [0.05, 0.1) is 26.7 Å². The van der Waals surface area contributed by atoms with Crippen LogP contribution in [0.4, 0.5) is 5.82 Å². The summed E-state index contributed by atoms with van der Waals surface area (Å²) in [5.74, 6) is -1.05. The van der Waals surface area contributed by atoms with Gasteiger partial charge in [0.15, 0.2) is 23.2 Å². The summed E-state index contributed by atoms with van der Waals surface area (Å²) in [6.45, 7) is 0.673. The summed E-state index contributed by atoms with van der Waals surface area (Å²) in [5.41, 5.74) is 4.23. The van der Waals surface area contributed by atoms with Crippen molar-refractivity contribution in [2.45, 2.75) is 50.9 Å². The lowest BCUT2D eigenvalue weighted by atomic mass is 9.87. The van der Waals surface area contributed by atoms with Crippen LogP contribution >= 0.6 is 36.1 Å². The maximum atomic E-state index is 12.6. The van der Waals surface area contributed by atoms with Crippen molar-refractivity contribution in [2.75, 3.05) is 44.9 Å². The monoisotopic (exact) mass is 797 g/mol. The Kier molecular flexibility index (Phi) is 14.3. The molecule has 0 aromatic carbocycles. The number of fused-ring (bicyclic) bond motifs is 1. The molecule has 28 heteroatoms. The van der Waals surface area contributed by atoms with E-state index in [1.54, 1.807) is 0 Å². The van der Waals surface area contributed by atoms with E-state index in [1.807, 2.05) is 0 Å². The molecule has 3 rings (SSSR count). The van der Waals surface area contributed by atoms with Crippen molar-refractivity contribution >= 4 is 64.9 Å². The molecule has 7 atom stereocenters. The Morgan fingerprint density at radius 3 is 2.40 bits per heavy atom. The number of nitrogen functional groups attached to an aromatic ring is 1. The molecule has 50 heavy (non-hydrogen) atoms. The zero-order chi connectivity index (χ0) is 37.7. The number of aliphatic hydroxyl groups excluding tert-OH is 2. The van der Waals surface area contributed by atoms with Gasteiger partial charge in [-0.15, -0.1) is 0 Å². The van der Waals surface area contributed by atoms with Gasteiger partial charge in [-0.25, -0.2) is 18.7 Å². The predicted octanol–water partition coefficient (Wildman–Crippen LogP) is -1.66. The van der Waals surface area contributed by atoms with E-state index in [0.29, 0.717) is 12.3 Å². The van der Waals surface area contributed by atoms with Crippen LogP contribution in [0, 0.1) is 5.41 Å². The first-order valence-corrected chi connectivity index (χ1v) is 19.4. The van der Waals surface area contributed by atoms with E-state index < -0.39 is 78.6 Å². The number of nitrogens with zero attached hydrogens (tertiary/aromatic N) is 4. The van der Waals surface area contributed by atoms with Gasteiger partial charge in [0.25, 0.3) is 0 Å². The second-order valence-corrected chi connectivity index (χ2v) is 15.8. The Balaban J connectivity index is 1.64. The van der Waals surface area contributed by atoms with Gasteiger partial charge in [0.1, 0.15) is 24.4 Å². The van der Waals surface area contributed by atoms with Crippen LogP contribution in [0.5, 0.6) is 6.01 Å². The number of aromatic nitrogens is 4. The highest BCUT2D eigenvalue weighted by Gasteiger charge is 2.50. The number of hydrogen-bond acceptors (Lipinski definition) is 18. The average Bonchev–Trinajstić information content (AvgIpc) is 3.57. The lowest BCUT2D eigenvalue weighted by Gasteiger charge is -2.30. The number of imidazole rings is 1. The molecule has 2 aromatic heterocycles. The number of carbonyl (C=O) groups excluding carboxylic acids is 2. The first-order valence-electron chi connectivity index (χ1n) is 14.2. The minimum absolute atomic E-state index is 0.0293. The predicted molar refractivity (Wildman–Crippen MR) is 170 cm³/mol. The van der Waals surface area contributed by atoms with E-state index in [9.17, 15) is 53.1 Å². The number of ether oxygens (including phenoxy) is 2. The zero-order valence-electron chi connectivity index (χ0n) is 26.5. The number of thiol groups is 1. The second kappa shape index (κ2) is 17.0. The lowest BCUT2D eigenvalue weighted by molar-refractivity contribution is -0.137. The fourth-order valence-corrected chi connectivity index (χ4v) is 7.21. The molecular formula is C22H38N7O17P3S. The summed E-state index contributed by atoms with van der Waals surface area (Å²) in [4.78, 5) is 75.0. The van der Waals surface area contributed by atoms with Crippen LogP contribution in [0.3, 0.4) is 0 Å². The summed E-state index contributed by atoms with van der Waals surface area (Å²) in [6.07, 6.45) is -8.03. The van der Waals surface area contributed by atoms with Crippen molar-refractivity contribution in [1.29, 1.82) is 0 Å². The largest absolute Gasteiger partial charge is 0.481 e. The Bertz CT molecular complexity index is 1660. The van der Waals surface area contributed by atoms with Crippen LogP contribution in [0.25, 0.3) is 11.2 Å². The van der Waals surface area contributed by atoms with Gasteiger partial charge >= 0.3 is 29.5 Å². The van der Waals surface area contributed by atoms with Gasteiger partial charge in [-0.2, -0.15) is 26.9 Å². The van der Waals surface area contributed by atoms with E-state index in [0.717, 1.165) is 10.9 Å². The van der Waals surface area contributed by atoms with Crippen LogP contribution < -0.4 is 21.1 Å². The number of anilines is 1. The summed E-state index contributed by atoms with van der Waals surface area (Å²) in [6, 6.07) is -0.205. The van der Waals surface area contributed by atoms with Crippen molar-refractivity contribution in [2.24, 2.45) is 5.41 Å². The molecule has 0 radical (unpaired) electrons. The Morgan fingerprint density at radius 1 is 1.12 bits per heavy atom. The number of methoxy groups -OCH3 is 1. The number of phosphoric acid groups is 3. The first kappa shape index (κ1) is 42.1. The van der Waals surface area contributed by atoms with E-state index in [2.05, 4.69) is 47.0 Å². The second-order valence-electron chi connectivity index (χ2n) is 11.1. The first-order chi connectivity index (χ1) is 23.1. The third-order valence-electron chi connectivity index (χ3n) is 6.73. The molecule has 0 saturated carbocycles. The summed E-state index contributed by atoms with van der Waals surface area (Å²) < 4.78 is 66.9. The number of hydrogen-bond donors (Lipinski definition) is 10. The third kappa shape index (κ3) is 11.6. The molecule has 1 fully saturated rings. The molecule has 0 bridgehead atoms. The van der Waals surface area contributed by atoms with Gasteiger partial charge in [0.2, 0.25) is 11.8 Å². The SMILES string of the molecule is COc1nc(N)c2ncn([C@@H]3O[C@H](COP(=O)(O)OP(=O)(O)OCC(C)(C)[C@@H](O)C(=O)NCCC(=O)NCCS)[C@@H](OP(=O)(O)O)[C@H]3O)c2n1. The van der Waals surface area contributed by atoms with E-state index in [1.165, 1.54) is 21.0 Å². The fourth-order valence-electron chi connectivity index (χ4n) is 4.27. The molecular weight excluding hydrogens is 759 g/mol. The van der Waals surface area contributed by atoms with E-state index in [4.69, 9.17) is 24.3 Å². The lowest BCUT2D eigenvalue weighted by Crippen LogP contribution is -2.46. The molecule has 3 heterocycles. The highest BCUT2D eigenvalue weighted by atomic mass is 32.1. The van der Waals surface area contributed by atoms with E-state index in [-0.39, 0.29) is 41.9 Å². The van der Waals surface area contributed by atoms with E-state index >= 15 is 0 Å². The normalized spacial score (nSPS) is 22.8. The summed E-state index contributed by atoms with van der Waals surface area (Å²) in [7, 11) is -15.1. The van der Waals surface area contributed by atoms with Crippen molar-refractivity contribution in [1.82, 2.24) is 30.2 Å². The summed E-state index contributed by atoms with van der Waals surface area (Å²) >= 11 is 3.95. The highest BCUT2D eigenvalue weighted by Crippen LogP contribution is 2.61. The number of phosphoric ester groups is 3. The Morgan fingerprint density at radius 2 is 1.78 bits per heavy atom. The van der Waals surface area contributed by atoms with Crippen LogP contribution in [0.15, 0.2) is 6.33 Å². The number of nitrogens with one attached hydrogen (secondary N) is 2. The number of amides is 2. The summed E-state index contributed by atoms with van der Waals surface area (Å²) in [5, 5.41) is 26.2. The van der Waals surface area contributed by atoms with Crippen LogP contribution in [-0.2, 0) is 45.9 Å². The number of nitrogens with two attached hydrogens (primary N) is 1. The highest BCUT2D eigenvalue weighted by molar-refractivity contribution is 7.80. The maximum Gasteiger partial charge on any atom is 0.481 e. The van der Waals surface area contributed by atoms with Gasteiger partial charge in [-0.05, 0) is 0 Å². The fraction of sp³-hybridized carbons (Fsp3) is 0.682.